The lowest BCUT2D eigenvalue weighted by molar-refractivity contribution is -0.182. The Morgan fingerprint density at radius 3 is 1.65 bits per heavy atom. The molecule has 1 saturated carbocycles. The van der Waals surface area contributed by atoms with E-state index in [-0.39, 0.29) is 0 Å². The predicted octanol–water partition coefficient (Wildman–Crippen LogP) is 4.96. The number of hydrogen-bond donors (Lipinski definition) is 2. The van der Waals surface area contributed by atoms with Gasteiger partial charge in [-0.25, -0.2) is 0 Å². The summed E-state index contributed by atoms with van der Waals surface area (Å²) in [5, 5.41) is 20.1. The summed E-state index contributed by atoms with van der Waals surface area (Å²) in [6.07, 6.45) is 6.14. The van der Waals surface area contributed by atoms with Gasteiger partial charge in [0.1, 0.15) is 0 Å². The second kappa shape index (κ2) is 8.16. The van der Waals surface area contributed by atoms with Gasteiger partial charge in [0, 0.05) is 0 Å². The van der Waals surface area contributed by atoms with E-state index in [0.717, 1.165) is 32.1 Å². The van der Waals surface area contributed by atoms with E-state index in [1.54, 1.807) is 0 Å². The third-order valence-corrected chi connectivity index (χ3v) is 5.73. The van der Waals surface area contributed by atoms with E-state index in [2.05, 4.69) is 27.7 Å². The zero-order chi connectivity index (χ0) is 17.7. The lowest BCUT2D eigenvalue weighted by atomic mass is 9.52. The van der Waals surface area contributed by atoms with Crippen molar-refractivity contribution in [2.24, 2.45) is 22.7 Å². The Morgan fingerprint density at radius 2 is 1.26 bits per heavy atom. The highest BCUT2D eigenvalue weighted by Gasteiger charge is 2.61. The fraction of sp³-hybridized carbons (Fsp3) is 0.895. The minimum atomic E-state index is -1.10. The second-order valence-corrected chi connectivity index (χ2v) is 8.20. The van der Waals surface area contributed by atoms with Gasteiger partial charge in [-0.05, 0) is 43.9 Å². The van der Waals surface area contributed by atoms with Crippen LogP contribution in [-0.2, 0) is 9.59 Å². The van der Waals surface area contributed by atoms with E-state index in [0.29, 0.717) is 37.5 Å². The van der Waals surface area contributed by atoms with Gasteiger partial charge < -0.3 is 10.2 Å². The molecule has 1 aliphatic carbocycles. The van der Waals surface area contributed by atoms with Crippen molar-refractivity contribution >= 4 is 11.9 Å². The van der Waals surface area contributed by atoms with Gasteiger partial charge in [-0.15, -0.1) is 0 Å². The monoisotopic (exact) mass is 326 g/mol. The first-order valence-corrected chi connectivity index (χ1v) is 9.15. The lowest BCUT2D eigenvalue weighted by Gasteiger charge is -2.49. The molecule has 4 heteroatoms. The van der Waals surface area contributed by atoms with Gasteiger partial charge in [0.05, 0.1) is 10.8 Å². The van der Waals surface area contributed by atoms with Crippen molar-refractivity contribution in [2.75, 3.05) is 0 Å². The van der Waals surface area contributed by atoms with Crippen LogP contribution in [-0.4, -0.2) is 22.2 Å². The summed E-state index contributed by atoms with van der Waals surface area (Å²) in [5.41, 5.74) is -2.20. The van der Waals surface area contributed by atoms with Crippen molar-refractivity contribution < 1.29 is 19.8 Å². The van der Waals surface area contributed by atoms with Gasteiger partial charge in [0.15, 0.2) is 0 Å². The second-order valence-electron chi connectivity index (χ2n) is 8.20. The van der Waals surface area contributed by atoms with Crippen LogP contribution in [0.4, 0.5) is 0 Å². The average molecular weight is 326 g/mol. The van der Waals surface area contributed by atoms with Crippen molar-refractivity contribution in [2.45, 2.75) is 85.5 Å². The first kappa shape index (κ1) is 20.0. The summed E-state index contributed by atoms with van der Waals surface area (Å²) in [7, 11) is 0. The predicted molar refractivity (Wildman–Crippen MR) is 91.4 cm³/mol. The van der Waals surface area contributed by atoms with Gasteiger partial charge in [-0.2, -0.15) is 0 Å². The Bertz CT molecular complexity index is 416. The van der Waals surface area contributed by atoms with Gasteiger partial charge in [-0.1, -0.05) is 53.4 Å². The molecule has 1 aliphatic rings. The van der Waals surface area contributed by atoms with E-state index in [4.69, 9.17) is 0 Å². The molecule has 0 aromatic rings. The molecule has 134 valence electrons. The Hall–Kier alpha value is -1.06. The Balaban J connectivity index is 3.16. The molecule has 4 nitrogen and oxygen atoms in total. The summed E-state index contributed by atoms with van der Waals surface area (Å²) in [5.74, 6) is -0.897. The van der Waals surface area contributed by atoms with Crippen molar-refractivity contribution in [1.29, 1.82) is 0 Å². The van der Waals surface area contributed by atoms with Crippen LogP contribution >= 0.6 is 0 Å². The number of carboxylic acid groups (broad SMARTS) is 2. The fourth-order valence-electron chi connectivity index (χ4n) is 4.24. The van der Waals surface area contributed by atoms with Gasteiger partial charge >= 0.3 is 11.9 Å². The SMILES string of the molecule is CC(C)CCCC1(C(=O)O)CCCCC1(CCC(C)C)C(=O)O. The molecule has 0 aromatic carbocycles. The first-order chi connectivity index (χ1) is 10.7. The number of carbonyl (C=O) groups is 2. The highest BCUT2D eigenvalue weighted by atomic mass is 16.4. The molecule has 2 unspecified atom stereocenters. The van der Waals surface area contributed by atoms with Crippen LogP contribution in [0.25, 0.3) is 0 Å². The van der Waals surface area contributed by atoms with Crippen LogP contribution in [0.1, 0.15) is 85.5 Å². The van der Waals surface area contributed by atoms with E-state index in [1.165, 1.54) is 0 Å². The van der Waals surface area contributed by atoms with Crippen LogP contribution in [0.3, 0.4) is 0 Å². The summed E-state index contributed by atoms with van der Waals surface area (Å²) < 4.78 is 0. The minimum Gasteiger partial charge on any atom is -0.481 e. The lowest BCUT2D eigenvalue weighted by Crippen LogP contribution is -2.54. The molecule has 0 saturated heterocycles. The molecular weight excluding hydrogens is 292 g/mol. The molecule has 0 heterocycles. The molecule has 1 fully saturated rings. The number of hydrogen-bond acceptors (Lipinski definition) is 2. The summed E-state index contributed by atoms with van der Waals surface area (Å²) in [6.45, 7) is 8.38. The van der Waals surface area contributed by atoms with Crippen LogP contribution in [0.2, 0.25) is 0 Å². The molecular formula is C19H34O4. The highest BCUT2D eigenvalue weighted by Crippen LogP contribution is 2.57. The maximum atomic E-state index is 12.3. The molecule has 0 bridgehead atoms. The van der Waals surface area contributed by atoms with E-state index in [1.807, 2.05) is 0 Å². The van der Waals surface area contributed by atoms with Crippen molar-refractivity contribution in [3.63, 3.8) is 0 Å². The third kappa shape index (κ3) is 4.27. The van der Waals surface area contributed by atoms with Crippen molar-refractivity contribution in [1.82, 2.24) is 0 Å². The van der Waals surface area contributed by atoms with Crippen LogP contribution in [0.15, 0.2) is 0 Å². The Labute approximate surface area is 140 Å². The van der Waals surface area contributed by atoms with E-state index < -0.39 is 22.8 Å². The van der Waals surface area contributed by atoms with Crippen LogP contribution in [0, 0.1) is 22.7 Å². The minimum absolute atomic E-state index is 0.385. The van der Waals surface area contributed by atoms with Gasteiger partial charge in [0.25, 0.3) is 0 Å². The average Bonchev–Trinajstić information content (AvgIpc) is 2.45. The van der Waals surface area contributed by atoms with Crippen molar-refractivity contribution in [3.8, 4) is 0 Å². The molecule has 0 radical (unpaired) electrons. The van der Waals surface area contributed by atoms with Crippen LogP contribution < -0.4 is 0 Å². The molecule has 0 aromatic heterocycles. The standard InChI is InChI=1S/C19H34O4/c1-14(2)8-7-12-18(16(20)21)10-5-6-11-19(18,17(22)23)13-9-15(3)4/h14-15H,5-13H2,1-4H3,(H,20,21)(H,22,23). The maximum absolute atomic E-state index is 12.3. The zero-order valence-corrected chi connectivity index (χ0v) is 15.2. The summed E-state index contributed by atoms with van der Waals surface area (Å²) >= 11 is 0. The van der Waals surface area contributed by atoms with Crippen LogP contribution in [0.5, 0.6) is 0 Å². The summed E-state index contributed by atoms with van der Waals surface area (Å²) in [6, 6.07) is 0. The topological polar surface area (TPSA) is 74.6 Å². The van der Waals surface area contributed by atoms with Crippen molar-refractivity contribution in [3.05, 3.63) is 0 Å². The molecule has 0 amide bonds. The molecule has 1 rings (SSSR count). The first-order valence-electron chi connectivity index (χ1n) is 9.15. The molecule has 2 atom stereocenters. The molecule has 23 heavy (non-hydrogen) atoms. The largest absolute Gasteiger partial charge is 0.481 e. The fourth-order valence-corrected chi connectivity index (χ4v) is 4.24. The van der Waals surface area contributed by atoms with E-state index >= 15 is 0 Å². The van der Waals surface area contributed by atoms with Gasteiger partial charge in [0.2, 0.25) is 0 Å². The highest BCUT2D eigenvalue weighted by molar-refractivity contribution is 5.87. The maximum Gasteiger partial charge on any atom is 0.310 e. The summed E-state index contributed by atoms with van der Waals surface area (Å²) in [4.78, 5) is 24.5. The number of carboxylic acids is 2. The Kier molecular flexibility index (Phi) is 7.09. The number of rotatable bonds is 9. The third-order valence-electron chi connectivity index (χ3n) is 5.73. The Morgan fingerprint density at radius 1 is 0.826 bits per heavy atom. The molecule has 0 spiro atoms. The smallest absolute Gasteiger partial charge is 0.310 e. The molecule has 0 aliphatic heterocycles. The van der Waals surface area contributed by atoms with Gasteiger partial charge in [-0.3, -0.25) is 9.59 Å². The quantitative estimate of drug-likeness (QED) is 0.627. The number of aliphatic carboxylic acids is 2. The molecule has 2 N–H and O–H groups in total. The van der Waals surface area contributed by atoms with E-state index in [9.17, 15) is 19.8 Å². The normalized spacial score (nSPS) is 28.3. The zero-order valence-electron chi connectivity index (χ0n) is 15.2.